The van der Waals surface area contributed by atoms with Gasteiger partial charge in [-0.15, -0.1) is 0 Å². The minimum atomic E-state index is -0.861. The molecule has 0 aromatic heterocycles. The van der Waals surface area contributed by atoms with Crippen molar-refractivity contribution >= 4 is 23.7 Å². The predicted molar refractivity (Wildman–Crippen MR) is 104 cm³/mol. The number of aliphatic carboxylic acids is 1. The zero-order chi connectivity index (χ0) is 21.0. The van der Waals surface area contributed by atoms with E-state index in [1.165, 1.54) is 12.0 Å². The largest absolute Gasteiger partial charge is 0.496 e. The zero-order valence-corrected chi connectivity index (χ0v) is 16.8. The smallest absolute Gasteiger partial charge is 0.341 e. The SMILES string of the molecule is COc1c(C)c2c(c(NC(=O)N(C)C)c1CC=C(C)CCC(=O)O)C(=O)OC2. The van der Waals surface area contributed by atoms with Crippen LogP contribution in [0.3, 0.4) is 0 Å². The number of hydrogen-bond acceptors (Lipinski definition) is 5. The molecule has 0 saturated heterocycles. The number of fused-ring (bicyclic) bond motifs is 1. The van der Waals surface area contributed by atoms with E-state index >= 15 is 0 Å². The molecular weight excluding hydrogens is 364 g/mol. The van der Waals surface area contributed by atoms with Gasteiger partial charge in [0.25, 0.3) is 0 Å². The van der Waals surface area contributed by atoms with Gasteiger partial charge in [-0.05, 0) is 32.3 Å². The first-order valence-corrected chi connectivity index (χ1v) is 8.92. The second-order valence-electron chi connectivity index (χ2n) is 6.91. The van der Waals surface area contributed by atoms with Crippen LogP contribution in [0.4, 0.5) is 10.5 Å². The summed E-state index contributed by atoms with van der Waals surface area (Å²) in [5.41, 5.74) is 3.77. The van der Waals surface area contributed by atoms with Crippen LogP contribution in [-0.4, -0.2) is 49.2 Å². The highest BCUT2D eigenvalue weighted by Gasteiger charge is 2.32. The van der Waals surface area contributed by atoms with Crippen LogP contribution in [0, 0.1) is 6.92 Å². The number of carbonyl (C=O) groups excluding carboxylic acids is 2. The quantitative estimate of drug-likeness (QED) is 0.547. The van der Waals surface area contributed by atoms with E-state index in [-0.39, 0.29) is 19.1 Å². The van der Waals surface area contributed by atoms with Gasteiger partial charge < -0.3 is 24.8 Å². The molecule has 0 bridgehead atoms. The van der Waals surface area contributed by atoms with Crippen molar-refractivity contribution in [2.45, 2.75) is 39.7 Å². The molecule has 152 valence electrons. The van der Waals surface area contributed by atoms with E-state index in [2.05, 4.69) is 5.32 Å². The summed E-state index contributed by atoms with van der Waals surface area (Å²) in [4.78, 5) is 36.8. The molecule has 0 saturated carbocycles. The molecule has 0 fully saturated rings. The molecular formula is C20H26N2O6. The van der Waals surface area contributed by atoms with Crippen molar-refractivity contribution in [2.24, 2.45) is 0 Å². The Balaban J connectivity index is 2.55. The van der Waals surface area contributed by atoms with E-state index in [1.807, 2.05) is 19.9 Å². The third-order valence-electron chi connectivity index (χ3n) is 4.70. The fourth-order valence-corrected chi connectivity index (χ4v) is 3.09. The molecule has 1 aliphatic heterocycles. The maximum Gasteiger partial charge on any atom is 0.341 e. The Bertz CT molecular complexity index is 842. The number of esters is 1. The molecule has 2 rings (SSSR count). The minimum Gasteiger partial charge on any atom is -0.496 e. The molecule has 1 aromatic carbocycles. The molecule has 8 heteroatoms. The Labute approximate surface area is 164 Å². The number of nitrogens with one attached hydrogen (secondary N) is 1. The van der Waals surface area contributed by atoms with Gasteiger partial charge in [0.15, 0.2) is 0 Å². The third kappa shape index (κ3) is 4.44. The molecule has 0 unspecified atom stereocenters. The lowest BCUT2D eigenvalue weighted by Gasteiger charge is -2.21. The maximum absolute atomic E-state index is 12.3. The first kappa shape index (κ1) is 21.3. The maximum atomic E-state index is 12.3. The van der Waals surface area contributed by atoms with Crippen LogP contribution < -0.4 is 10.1 Å². The molecule has 28 heavy (non-hydrogen) atoms. The number of benzene rings is 1. The standard InChI is InChI=1S/C20H26N2O6/c1-11(7-9-15(23)24)6-8-13-17(21-20(26)22(3)4)16-14(10-28-19(16)25)12(2)18(13)27-5/h6H,7-10H2,1-5H3,(H,21,26)(H,23,24). The van der Waals surface area contributed by atoms with E-state index < -0.39 is 11.9 Å². The van der Waals surface area contributed by atoms with Crippen LogP contribution in [0.2, 0.25) is 0 Å². The normalized spacial score (nSPS) is 13.0. The number of carboxylic acids is 1. The molecule has 0 atom stereocenters. The molecule has 0 aliphatic carbocycles. The second-order valence-corrected chi connectivity index (χ2v) is 6.91. The number of urea groups is 1. The highest BCUT2D eigenvalue weighted by molar-refractivity contribution is 6.05. The Morgan fingerprint density at radius 1 is 1.32 bits per heavy atom. The number of carboxylic acid groups (broad SMARTS) is 1. The highest BCUT2D eigenvalue weighted by Crippen LogP contribution is 2.41. The van der Waals surface area contributed by atoms with Crippen LogP contribution in [-0.2, 0) is 22.6 Å². The lowest BCUT2D eigenvalue weighted by Crippen LogP contribution is -2.29. The molecule has 2 amide bonds. The van der Waals surface area contributed by atoms with Crippen LogP contribution in [0.1, 0.15) is 46.8 Å². The fraction of sp³-hybridized carbons (Fsp3) is 0.450. The average Bonchev–Trinajstić information content (AvgIpc) is 3.02. The van der Waals surface area contributed by atoms with E-state index in [9.17, 15) is 14.4 Å². The first-order chi connectivity index (χ1) is 13.2. The lowest BCUT2D eigenvalue weighted by molar-refractivity contribution is -0.136. The van der Waals surface area contributed by atoms with Gasteiger partial charge in [-0.2, -0.15) is 0 Å². The van der Waals surface area contributed by atoms with Gasteiger partial charge in [0.2, 0.25) is 0 Å². The monoisotopic (exact) mass is 390 g/mol. The van der Waals surface area contributed by atoms with Crippen molar-refractivity contribution in [3.8, 4) is 5.75 Å². The molecule has 0 radical (unpaired) electrons. The Kier molecular flexibility index (Phi) is 6.66. The Hall–Kier alpha value is -3.03. The summed E-state index contributed by atoms with van der Waals surface area (Å²) in [5, 5.41) is 11.6. The second kappa shape index (κ2) is 8.77. The third-order valence-corrected chi connectivity index (χ3v) is 4.70. The number of anilines is 1. The van der Waals surface area contributed by atoms with Gasteiger partial charge >= 0.3 is 18.0 Å². The van der Waals surface area contributed by atoms with Gasteiger partial charge in [-0.3, -0.25) is 4.79 Å². The number of methoxy groups -OCH3 is 1. The van der Waals surface area contributed by atoms with E-state index in [1.54, 1.807) is 14.1 Å². The van der Waals surface area contributed by atoms with Crippen LogP contribution in [0.25, 0.3) is 0 Å². The molecule has 1 aromatic rings. The van der Waals surface area contributed by atoms with E-state index in [0.717, 1.165) is 11.1 Å². The van der Waals surface area contributed by atoms with Gasteiger partial charge in [0.1, 0.15) is 12.4 Å². The number of amides is 2. The first-order valence-electron chi connectivity index (χ1n) is 8.92. The topological polar surface area (TPSA) is 105 Å². The van der Waals surface area contributed by atoms with Crippen molar-refractivity contribution in [1.29, 1.82) is 0 Å². The van der Waals surface area contributed by atoms with Crippen LogP contribution >= 0.6 is 0 Å². The summed E-state index contributed by atoms with van der Waals surface area (Å²) in [6.45, 7) is 3.83. The summed E-state index contributed by atoms with van der Waals surface area (Å²) in [7, 11) is 4.75. The van der Waals surface area contributed by atoms with Gasteiger partial charge in [0, 0.05) is 31.6 Å². The van der Waals surface area contributed by atoms with E-state index in [0.29, 0.717) is 41.0 Å². The van der Waals surface area contributed by atoms with Crippen LogP contribution in [0.5, 0.6) is 5.75 Å². The number of hydrogen-bond donors (Lipinski definition) is 2. The summed E-state index contributed by atoms with van der Waals surface area (Å²) in [6.07, 6.45) is 2.72. The predicted octanol–water partition coefficient (Wildman–Crippen LogP) is 3.12. The van der Waals surface area contributed by atoms with Crippen molar-refractivity contribution in [3.05, 3.63) is 33.9 Å². The van der Waals surface area contributed by atoms with E-state index in [4.69, 9.17) is 14.6 Å². The van der Waals surface area contributed by atoms with Crippen molar-refractivity contribution in [3.63, 3.8) is 0 Å². The van der Waals surface area contributed by atoms with Gasteiger partial charge in [-0.1, -0.05) is 11.6 Å². The molecule has 1 heterocycles. The van der Waals surface area contributed by atoms with Crippen molar-refractivity contribution in [1.82, 2.24) is 4.90 Å². The highest BCUT2D eigenvalue weighted by atomic mass is 16.5. The molecule has 0 spiro atoms. The number of nitrogens with zero attached hydrogens (tertiary/aromatic N) is 1. The molecule has 1 aliphatic rings. The number of allylic oxidation sites excluding steroid dienone is 2. The number of ether oxygens (including phenoxy) is 2. The summed E-state index contributed by atoms with van der Waals surface area (Å²) < 4.78 is 10.8. The lowest BCUT2D eigenvalue weighted by atomic mass is 9.93. The van der Waals surface area contributed by atoms with Gasteiger partial charge in [-0.25, -0.2) is 9.59 Å². The van der Waals surface area contributed by atoms with Crippen molar-refractivity contribution in [2.75, 3.05) is 26.5 Å². The number of rotatable bonds is 7. The Morgan fingerprint density at radius 2 is 2.00 bits per heavy atom. The van der Waals surface area contributed by atoms with Crippen molar-refractivity contribution < 1.29 is 29.0 Å². The zero-order valence-electron chi connectivity index (χ0n) is 16.8. The number of carbonyl (C=O) groups is 3. The number of cyclic esters (lactones) is 1. The summed E-state index contributed by atoms with van der Waals surface area (Å²) in [6, 6.07) is -0.374. The average molecular weight is 390 g/mol. The fourth-order valence-electron chi connectivity index (χ4n) is 3.09. The van der Waals surface area contributed by atoms with Crippen LogP contribution in [0.15, 0.2) is 11.6 Å². The van der Waals surface area contributed by atoms with Gasteiger partial charge in [0.05, 0.1) is 18.4 Å². The summed E-state index contributed by atoms with van der Waals surface area (Å²) >= 11 is 0. The molecule has 8 nitrogen and oxygen atoms in total. The Morgan fingerprint density at radius 3 is 2.57 bits per heavy atom. The molecule has 2 N–H and O–H groups in total. The summed E-state index contributed by atoms with van der Waals surface area (Å²) in [5.74, 6) is -0.767. The minimum absolute atomic E-state index is 0.0409.